The largest absolute Gasteiger partial charge is 0.356 e. The van der Waals surface area contributed by atoms with E-state index in [4.69, 9.17) is 0 Å². The Morgan fingerprint density at radius 1 is 1.25 bits per heavy atom. The highest BCUT2D eigenvalue weighted by Crippen LogP contribution is 2.22. The van der Waals surface area contributed by atoms with Crippen molar-refractivity contribution in [3.05, 3.63) is 10.6 Å². The molecule has 0 atom stereocenters. The molecule has 0 unspecified atom stereocenters. The van der Waals surface area contributed by atoms with Gasteiger partial charge in [0.15, 0.2) is 5.13 Å². The maximum Gasteiger partial charge on any atom is 0.226 e. The van der Waals surface area contributed by atoms with Gasteiger partial charge in [-0.25, -0.2) is 4.98 Å². The number of rotatable bonds is 8. The van der Waals surface area contributed by atoms with Crippen molar-refractivity contribution in [2.45, 2.75) is 52.9 Å². The second kappa shape index (κ2) is 8.68. The SMILES string of the molecule is CCc1nc(NC(=O)CCCCCNC(C)=O)sc1C. The van der Waals surface area contributed by atoms with Gasteiger partial charge in [0.05, 0.1) is 5.69 Å². The predicted molar refractivity (Wildman–Crippen MR) is 82.0 cm³/mol. The molecule has 5 nitrogen and oxygen atoms in total. The number of aryl methyl sites for hydroxylation is 2. The molecule has 0 fully saturated rings. The van der Waals surface area contributed by atoms with Crippen molar-refractivity contribution in [3.63, 3.8) is 0 Å². The fourth-order valence-corrected chi connectivity index (χ4v) is 2.76. The standard InChI is InChI=1S/C14H23N3O2S/c1-4-12-10(2)20-14(16-12)17-13(19)8-6-5-7-9-15-11(3)18/h4-9H2,1-3H3,(H,15,18)(H,16,17,19). The molecule has 20 heavy (non-hydrogen) atoms. The van der Waals surface area contributed by atoms with Crippen molar-refractivity contribution in [2.24, 2.45) is 0 Å². The van der Waals surface area contributed by atoms with Crippen LogP contribution in [0.2, 0.25) is 0 Å². The predicted octanol–water partition coefficient (Wildman–Crippen LogP) is 2.65. The average Bonchev–Trinajstić information content (AvgIpc) is 2.73. The van der Waals surface area contributed by atoms with E-state index in [0.717, 1.165) is 36.3 Å². The molecule has 0 saturated carbocycles. The van der Waals surface area contributed by atoms with Gasteiger partial charge in [-0.1, -0.05) is 13.3 Å². The summed E-state index contributed by atoms with van der Waals surface area (Å²) in [7, 11) is 0. The third-order valence-corrected chi connectivity index (χ3v) is 3.86. The molecule has 0 spiro atoms. The van der Waals surface area contributed by atoms with E-state index in [1.54, 1.807) is 0 Å². The van der Waals surface area contributed by atoms with Gasteiger partial charge in [-0.3, -0.25) is 9.59 Å². The number of carbonyl (C=O) groups is 2. The summed E-state index contributed by atoms with van der Waals surface area (Å²) < 4.78 is 0. The first-order chi connectivity index (χ1) is 9.52. The fourth-order valence-electron chi connectivity index (χ4n) is 1.84. The Morgan fingerprint density at radius 3 is 2.60 bits per heavy atom. The Bertz CT molecular complexity index is 457. The van der Waals surface area contributed by atoms with E-state index in [-0.39, 0.29) is 11.8 Å². The smallest absolute Gasteiger partial charge is 0.226 e. The minimum atomic E-state index is -0.00592. The summed E-state index contributed by atoms with van der Waals surface area (Å²) in [6.07, 6.45) is 4.06. The van der Waals surface area contributed by atoms with Crippen LogP contribution < -0.4 is 10.6 Å². The third-order valence-electron chi connectivity index (χ3n) is 2.93. The van der Waals surface area contributed by atoms with Gasteiger partial charge < -0.3 is 10.6 Å². The zero-order chi connectivity index (χ0) is 15.0. The van der Waals surface area contributed by atoms with Gasteiger partial charge in [-0.15, -0.1) is 11.3 Å². The molecule has 0 aliphatic rings. The lowest BCUT2D eigenvalue weighted by Crippen LogP contribution is -2.20. The second-order valence-corrected chi connectivity index (χ2v) is 5.92. The maximum absolute atomic E-state index is 11.7. The van der Waals surface area contributed by atoms with Gasteiger partial charge in [-0.2, -0.15) is 0 Å². The van der Waals surface area contributed by atoms with Crippen LogP contribution in [0.3, 0.4) is 0 Å². The van der Waals surface area contributed by atoms with Crippen LogP contribution in [0.1, 0.15) is 50.1 Å². The van der Waals surface area contributed by atoms with Gasteiger partial charge in [0, 0.05) is 24.8 Å². The maximum atomic E-state index is 11.7. The fraction of sp³-hybridized carbons (Fsp3) is 0.643. The molecule has 0 aromatic carbocycles. The number of nitrogens with one attached hydrogen (secondary N) is 2. The lowest BCUT2D eigenvalue weighted by atomic mass is 10.2. The normalized spacial score (nSPS) is 10.3. The highest BCUT2D eigenvalue weighted by atomic mass is 32.1. The number of unbranched alkanes of at least 4 members (excludes halogenated alkanes) is 2. The van der Waals surface area contributed by atoms with Gasteiger partial charge >= 0.3 is 0 Å². The minimum Gasteiger partial charge on any atom is -0.356 e. The number of thiazole rings is 1. The molecule has 0 saturated heterocycles. The van der Waals surface area contributed by atoms with Crippen LogP contribution in [0.5, 0.6) is 0 Å². The van der Waals surface area contributed by atoms with E-state index in [1.165, 1.54) is 18.3 Å². The average molecular weight is 297 g/mol. The first kappa shape index (κ1) is 16.6. The second-order valence-electron chi connectivity index (χ2n) is 4.72. The molecule has 0 aliphatic carbocycles. The van der Waals surface area contributed by atoms with E-state index in [2.05, 4.69) is 22.5 Å². The molecule has 1 aromatic heterocycles. The number of hydrogen-bond donors (Lipinski definition) is 2. The number of nitrogens with zero attached hydrogens (tertiary/aromatic N) is 1. The van der Waals surface area contributed by atoms with Crippen molar-refractivity contribution >= 4 is 28.3 Å². The van der Waals surface area contributed by atoms with E-state index >= 15 is 0 Å². The van der Waals surface area contributed by atoms with Gasteiger partial charge in [0.1, 0.15) is 0 Å². The Kier molecular flexibility index (Phi) is 7.22. The summed E-state index contributed by atoms with van der Waals surface area (Å²) in [4.78, 5) is 28.0. The Hall–Kier alpha value is -1.43. The van der Waals surface area contributed by atoms with Crippen molar-refractivity contribution < 1.29 is 9.59 Å². The van der Waals surface area contributed by atoms with Crippen LogP contribution in [-0.4, -0.2) is 23.3 Å². The molecule has 112 valence electrons. The molecule has 6 heteroatoms. The van der Waals surface area contributed by atoms with E-state index in [1.807, 2.05) is 6.92 Å². The molecule has 1 aromatic rings. The van der Waals surface area contributed by atoms with E-state index in [0.29, 0.717) is 18.1 Å². The summed E-state index contributed by atoms with van der Waals surface area (Å²) in [6.45, 7) is 6.27. The van der Waals surface area contributed by atoms with Crippen molar-refractivity contribution in [1.82, 2.24) is 10.3 Å². The molecule has 2 amide bonds. The Labute approximate surface area is 124 Å². The summed E-state index contributed by atoms with van der Waals surface area (Å²) >= 11 is 1.53. The summed E-state index contributed by atoms with van der Waals surface area (Å²) in [5, 5.41) is 6.28. The summed E-state index contributed by atoms with van der Waals surface area (Å²) in [5.74, 6) is 0.00883. The third kappa shape index (κ3) is 6.14. The van der Waals surface area contributed by atoms with E-state index in [9.17, 15) is 9.59 Å². The number of amides is 2. The number of carbonyl (C=O) groups excluding carboxylic acids is 2. The van der Waals surface area contributed by atoms with Crippen molar-refractivity contribution in [3.8, 4) is 0 Å². The van der Waals surface area contributed by atoms with Crippen molar-refractivity contribution in [2.75, 3.05) is 11.9 Å². The molecular weight excluding hydrogens is 274 g/mol. The number of anilines is 1. The first-order valence-electron chi connectivity index (χ1n) is 7.03. The lowest BCUT2D eigenvalue weighted by Gasteiger charge is -2.03. The van der Waals surface area contributed by atoms with Crippen LogP contribution in [0.15, 0.2) is 0 Å². The quantitative estimate of drug-likeness (QED) is 0.725. The lowest BCUT2D eigenvalue weighted by molar-refractivity contribution is -0.119. The van der Waals surface area contributed by atoms with Gasteiger partial charge in [-0.05, 0) is 26.2 Å². The van der Waals surface area contributed by atoms with Gasteiger partial charge in [0.25, 0.3) is 0 Å². The highest BCUT2D eigenvalue weighted by molar-refractivity contribution is 7.15. The highest BCUT2D eigenvalue weighted by Gasteiger charge is 2.08. The number of aromatic nitrogens is 1. The minimum absolute atomic E-state index is 0.00592. The summed E-state index contributed by atoms with van der Waals surface area (Å²) in [5.41, 5.74) is 1.06. The number of hydrogen-bond acceptors (Lipinski definition) is 4. The van der Waals surface area contributed by atoms with Crippen LogP contribution >= 0.6 is 11.3 Å². The van der Waals surface area contributed by atoms with Crippen LogP contribution in [0.25, 0.3) is 0 Å². The van der Waals surface area contributed by atoms with Crippen molar-refractivity contribution in [1.29, 1.82) is 0 Å². The molecule has 0 radical (unpaired) electrons. The zero-order valence-electron chi connectivity index (χ0n) is 12.4. The van der Waals surface area contributed by atoms with Crippen LogP contribution in [-0.2, 0) is 16.0 Å². The summed E-state index contributed by atoms with van der Waals surface area (Å²) in [6, 6.07) is 0. The molecule has 2 N–H and O–H groups in total. The first-order valence-corrected chi connectivity index (χ1v) is 7.85. The van der Waals surface area contributed by atoms with Crippen LogP contribution in [0.4, 0.5) is 5.13 Å². The zero-order valence-corrected chi connectivity index (χ0v) is 13.2. The molecule has 0 aliphatic heterocycles. The molecular formula is C14H23N3O2S. The van der Waals surface area contributed by atoms with Crippen LogP contribution in [0, 0.1) is 6.92 Å². The topological polar surface area (TPSA) is 71.1 Å². The molecule has 1 heterocycles. The van der Waals surface area contributed by atoms with Gasteiger partial charge in [0.2, 0.25) is 11.8 Å². The molecule has 1 rings (SSSR count). The van der Waals surface area contributed by atoms with E-state index < -0.39 is 0 Å². The Morgan fingerprint density at radius 2 is 2.00 bits per heavy atom. The molecule has 0 bridgehead atoms. The Balaban J connectivity index is 2.18. The monoisotopic (exact) mass is 297 g/mol.